The number of ether oxygens (including phenoxy) is 1. The van der Waals surface area contributed by atoms with E-state index in [9.17, 15) is 13.2 Å². The third-order valence-electron chi connectivity index (χ3n) is 4.96. The number of carbonyl (C=O) groups is 1. The highest BCUT2D eigenvalue weighted by molar-refractivity contribution is 7.89. The molecule has 2 heterocycles. The van der Waals surface area contributed by atoms with E-state index >= 15 is 0 Å². The van der Waals surface area contributed by atoms with Gasteiger partial charge in [-0.05, 0) is 19.1 Å². The molecule has 150 valence electrons. The van der Waals surface area contributed by atoms with E-state index in [-0.39, 0.29) is 16.8 Å². The molecule has 1 aromatic carbocycles. The summed E-state index contributed by atoms with van der Waals surface area (Å²) in [6.45, 7) is 7.47. The van der Waals surface area contributed by atoms with E-state index in [4.69, 9.17) is 4.74 Å². The number of piperazine rings is 1. The first-order valence-corrected chi connectivity index (χ1v) is 10.8. The Morgan fingerprint density at radius 2 is 1.93 bits per heavy atom. The van der Waals surface area contributed by atoms with Crippen molar-refractivity contribution >= 4 is 15.9 Å². The number of sulfonamides is 1. The zero-order chi connectivity index (χ0) is 19.3. The number of nitrogens with zero attached hydrogens (tertiary/aromatic N) is 2. The molecule has 2 fully saturated rings. The summed E-state index contributed by atoms with van der Waals surface area (Å²) in [5.74, 6) is 0.0921. The van der Waals surface area contributed by atoms with Gasteiger partial charge in [0.05, 0.1) is 18.1 Å². The summed E-state index contributed by atoms with van der Waals surface area (Å²) < 4.78 is 32.6. The Bertz CT molecular complexity index is 724. The third kappa shape index (κ3) is 5.49. The Kier molecular flexibility index (Phi) is 6.83. The van der Waals surface area contributed by atoms with Crippen molar-refractivity contribution in [3.05, 3.63) is 29.8 Å². The number of rotatable bonds is 6. The highest BCUT2D eigenvalue weighted by atomic mass is 32.2. The highest BCUT2D eigenvalue weighted by Crippen LogP contribution is 2.10. The van der Waals surface area contributed by atoms with Crippen molar-refractivity contribution in [2.75, 3.05) is 59.0 Å². The van der Waals surface area contributed by atoms with E-state index < -0.39 is 10.0 Å². The molecule has 0 spiro atoms. The van der Waals surface area contributed by atoms with Gasteiger partial charge in [-0.3, -0.25) is 9.69 Å². The molecule has 1 unspecified atom stereocenters. The zero-order valence-electron chi connectivity index (χ0n) is 15.7. The summed E-state index contributed by atoms with van der Waals surface area (Å²) in [6.07, 6.45) is 0. The Morgan fingerprint density at radius 3 is 2.56 bits per heavy atom. The van der Waals surface area contributed by atoms with Crippen LogP contribution in [0.25, 0.3) is 0 Å². The number of amides is 1. The number of morpholine rings is 1. The van der Waals surface area contributed by atoms with Gasteiger partial charge in [0.15, 0.2) is 0 Å². The van der Waals surface area contributed by atoms with Gasteiger partial charge in [-0.25, -0.2) is 13.1 Å². The van der Waals surface area contributed by atoms with E-state index in [1.54, 1.807) is 24.3 Å². The van der Waals surface area contributed by atoms with E-state index in [0.717, 1.165) is 18.7 Å². The van der Waals surface area contributed by atoms with Crippen LogP contribution in [0.4, 0.5) is 0 Å². The average molecular weight is 397 g/mol. The van der Waals surface area contributed by atoms with Crippen LogP contribution < -0.4 is 10.0 Å². The zero-order valence-corrected chi connectivity index (χ0v) is 16.5. The summed E-state index contributed by atoms with van der Waals surface area (Å²) in [5, 5.41) is 3.19. The second-order valence-electron chi connectivity index (χ2n) is 6.96. The lowest BCUT2D eigenvalue weighted by Gasteiger charge is -2.37. The van der Waals surface area contributed by atoms with Crippen LogP contribution >= 0.6 is 0 Å². The van der Waals surface area contributed by atoms with Crippen molar-refractivity contribution in [2.45, 2.75) is 17.9 Å². The molecule has 0 saturated carbocycles. The maximum atomic E-state index is 12.5. The normalized spacial score (nSPS) is 22.0. The molecule has 9 heteroatoms. The van der Waals surface area contributed by atoms with Crippen molar-refractivity contribution in [1.29, 1.82) is 0 Å². The van der Waals surface area contributed by atoms with Crippen LogP contribution in [0.3, 0.4) is 0 Å². The second-order valence-corrected chi connectivity index (χ2v) is 8.73. The molecule has 0 radical (unpaired) electrons. The van der Waals surface area contributed by atoms with Gasteiger partial charge in [-0.15, -0.1) is 0 Å². The molecule has 1 aromatic rings. The maximum Gasteiger partial charge on any atom is 0.242 e. The van der Waals surface area contributed by atoms with Crippen LogP contribution in [-0.4, -0.2) is 89.2 Å². The first-order chi connectivity index (χ1) is 13.0. The molecule has 0 aliphatic carbocycles. The van der Waals surface area contributed by atoms with E-state index in [1.165, 1.54) is 0 Å². The van der Waals surface area contributed by atoms with E-state index in [2.05, 4.69) is 14.9 Å². The molecule has 2 aliphatic heterocycles. The average Bonchev–Trinajstić information content (AvgIpc) is 2.69. The lowest BCUT2D eigenvalue weighted by atomic mass is 10.2. The molecule has 27 heavy (non-hydrogen) atoms. The SMILES string of the molecule is Cc1ccc(S(=O)(=O)NCCN2CCN(C(=O)C3COCCN3)CC2)cc1. The van der Waals surface area contributed by atoms with Crippen LogP contribution in [0.5, 0.6) is 0 Å². The standard InChI is InChI=1S/C18H28N4O4S/c1-15-2-4-16(5-3-15)27(24,25)20-6-8-21-9-11-22(12-10-21)18(23)17-14-26-13-7-19-17/h2-5,17,19-20H,6-14H2,1H3. The fourth-order valence-corrected chi connectivity index (χ4v) is 4.30. The third-order valence-corrected chi connectivity index (χ3v) is 6.43. The van der Waals surface area contributed by atoms with Gasteiger partial charge in [0.2, 0.25) is 15.9 Å². The smallest absolute Gasteiger partial charge is 0.242 e. The topological polar surface area (TPSA) is 91.0 Å². The summed E-state index contributed by atoms with van der Waals surface area (Å²) in [5.41, 5.74) is 1.02. The van der Waals surface area contributed by atoms with E-state index in [0.29, 0.717) is 45.9 Å². The molecule has 2 saturated heterocycles. The second kappa shape index (κ2) is 9.11. The summed E-state index contributed by atoms with van der Waals surface area (Å²) in [4.78, 5) is 16.8. The van der Waals surface area contributed by atoms with Crippen molar-refractivity contribution in [1.82, 2.24) is 19.8 Å². The molecule has 2 N–H and O–H groups in total. The fourth-order valence-electron chi connectivity index (χ4n) is 3.28. The molecule has 1 amide bonds. The lowest BCUT2D eigenvalue weighted by Crippen LogP contribution is -2.57. The number of carbonyl (C=O) groups excluding carboxylic acids is 1. The first kappa shape index (κ1) is 20.2. The Hall–Kier alpha value is -1.52. The minimum Gasteiger partial charge on any atom is -0.378 e. The van der Waals surface area contributed by atoms with Crippen molar-refractivity contribution in [3.8, 4) is 0 Å². The predicted octanol–water partition coefficient (Wildman–Crippen LogP) is -0.594. The Morgan fingerprint density at radius 1 is 1.22 bits per heavy atom. The number of nitrogens with one attached hydrogen (secondary N) is 2. The summed E-state index contributed by atoms with van der Waals surface area (Å²) in [6, 6.07) is 6.57. The quantitative estimate of drug-likeness (QED) is 0.668. The predicted molar refractivity (Wildman–Crippen MR) is 102 cm³/mol. The minimum atomic E-state index is -3.48. The fraction of sp³-hybridized carbons (Fsp3) is 0.611. The Balaban J connectivity index is 1.40. The number of hydrogen-bond acceptors (Lipinski definition) is 6. The molecular weight excluding hydrogens is 368 g/mol. The monoisotopic (exact) mass is 396 g/mol. The number of benzene rings is 1. The Labute approximate surface area is 160 Å². The molecule has 1 atom stereocenters. The van der Waals surface area contributed by atoms with Crippen LogP contribution in [0.2, 0.25) is 0 Å². The van der Waals surface area contributed by atoms with E-state index in [1.807, 2.05) is 11.8 Å². The number of hydrogen-bond donors (Lipinski definition) is 2. The van der Waals surface area contributed by atoms with Crippen LogP contribution in [-0.2, 0) is 19.6 Å². The van der Waals surface area contributed by atoms with Gasteiger partial charge in [-0.1, -0.05) is 17.7 Å². The molecule has 3 rings (SSSR count). The number of aryl methyl sites for hydroxylation is 1. The summed E-state index contributed by atoms with van der Waals surface area (Å²) in [7, 11) is -3.48. The minimum absolute atomic E-state index is 0.0921. The highest BCUT2D eigenvalue weighted by Gasteiger charge is 2.28. The molecule has 0 bridgehead atoms. The van der Waals surface area contributed by atoms with Gasteiger partial charge in [0.1, 0.15) is 6.04 Å². The first-order valence-electron chi connectivity index (χ1n) is 9.34. The van der Waals surface area contributed by atoms with Gasteiger partial charge in [-0.2, -0.15) is 0 Å². The lowest BCUT2D eigenvalue weighted by molar-refractivity contribution is -0.138. The van der Waals surface area contributed by atoms with Gasteiger partial charge in [0.25, 0.3) is 0 Å². The van der Waals surface area contributed by atoms with Crippen molar-refractivity contribution < 1.29 is 17.9 Å². The van der Waals surface area contributed by atoms with Crippen molar-refractivity contribution in [2.24, 2.45) is 0 Å². The van der Waals surface area contributed by atoms with Gasteiger partial charge in [0, 0.05) is 45.8 Å². The maximum absolute atomic E-state index is 12.5. The van der Waals surface area contributed by atoms with Crippen LogP contribution in [0, 0.1) is 6.92 Å². The molecule has 0 aromatic heterocycles. The van der Waals surface area contributed by atoms with Gasteiger partial charge < -0.3 is 15.0 Å². The summed E-state index contributed by atoms with van der Waals surface area (Å²) >= 11 is 0. The molecular formula is C18H28N4O4S. The molecule has 8 nitrogen and oxygen atoms in total. The van der Waals surface area contributed by atoms with Gasteiger partial charge >= 0.3 is 0 Å². The van der Waals surface area contributed by atoms with Crippen molar-refractivity contribution in [3.63, 3.8) is 0 Å². The molecule has 2 aliphatic rings. The van der Waals surface area contributed by atoms with Crippen LogP contribution in [0.15, 0.2) is 29.2 Å². The van der Waals surface area contributed by atoms with Crippen LogP contribution in [0.1, 0.15) is 5.56 Å². The largest absolute Gasteiger partial charge is 0.378 e.